The normalized spacial score (nSPS) is 17.7. The van der Waals surface area contributed by atoms with Crippen LogP contribution in [0.15, 0.2) is 21.5 Å². The van der Waals surface area contributed by atoms with Crippen LogP contribution in [0.4, 0.5) is 4.79 Å². The van der Waals surface area contributed by atoms with Gasteiger partial charge in [0.1, 0.15) is 6.54 Å². The lowest BCUT2D eigenvalue weighted by atomic mass is 10.1. The zero-order valence-corrected chi connectivity index (χ0v) is 21.5. The van der Waals surface area contributed by atoms with E-state index in [2.05, 4.69) is 20.7 Å². The molecule has 2 saturated heterocycles. The molecular formula is C23H27BrN2O7S. The van der Waals surface area contributed by atoms with Crippen LogP contribution in [-0.2, 0) is 19.1 Å². The molecule has 0 aliphatic carbocycles. The zero-order chi connectivity index (χ0) is 24.7. The van der Waals surface area contributed by atoms with Crippen LogP contribution in [0, 0.1) is 0 Å². The Labute approximate surface area is 210 Å². The van der Waals surface area contributed by atoms with E-state index in [0.29, 0.717) is 41.2 Å². The van der Waals surface area contributed by atoms with Crippen molar-refractivity contribution in [3.05, 3.63) is 27.1 Å². The Balaban J connectivity index is 1.77. The Morgan fingerprint density at radius 3 is 2.41 bits per heavy atom. The predicted molar refractivity (Wildman–Crippen MR) is 131 cm³/mol. The molecule has 11 heteroatoms. The van der Waals surface area contributed by atoms with Crippen LogP contribution in [-0.4, -0.2) is 72.8 Å². The minimum absolute atomic E-state index is 0.208. The lowest BCUT2D eigenvalue weighted by molar-refractivity contribution is -0.143. The molecule has 34 heavy (non-hydrogen) atoms. The van der Waals surface area contributed by atoms with Gasteiger partial charge in [0, 0.05) is 17.6 Å². The molecular weight excluding hydrogens is 528 g/mol. The van der Waals surface area contributed by atoms with E-state index in [9.17, 15) is 19.2 Å². The monoisotopic (exact) mass is 554 g/mol. The molecule has 0 unspecified atom stereocenters. The second kappa shape index (κ2) is 12.3. The van der Waals surface area contributed by atoms with Crippen LogP contribution in [0.1, 0.15) is 38.2 Å². The second-order valence-electron chi connectivity index (χ2n) is 7.68. The van der Waals surface area contributed by atoms with E-state index in [1.165, 1.54) is 7.11 Å². The van der Waals surface area contributed by atoms with E-state index >= 15 is 0 Å². The van der Waals surface area contributed by atoms with Crippen molar-refractivity contribution in [3.63, 3.8) is 0 Å². The summed E-state index contributed by atoms with van der Waals surface area (Å²) in [6.07, 6.45) is 5.60. The molecule has 1 aromatic rings. The first-order valence-corrected chi connectivity index (χ1v) is 12.6. The zero-order valence-electron chi connectivity index (χ0n) is 19.1. The molecule has 0 atom stereocenters. The largest absolute Gasteiger partial charge is 0.490 e. The highest BCUT2D eigenvalue weighted by Gasteiger charge is 2.37. The number of benzene rings is 1. The first-order chi connectivity index (χ1) is 16.3. The summed E-state index contributed by atoms with van der Waals surface area (Å²) in [6, 6.07) is 3.27. The number of hydrogen-bond acceptors (Lipinski definition) is 8. The van der Waals surface area contributed by atoms with Gasteiger partial charge in [-0.25, -0.2) is 4.79 Å². The average Bonchev–Trinajstić information content (AvgIpc) is 3.00. The van der Waals surface area contributed by atoms with Crippen molar-refractivity contribution >= 4 is 56.8 Å². The molecule has 0 bridgehead atoms. The molecule has 3 amide bonds. The van der Waals surface area contributed by atoms with Gasteiger partial charge in [0.05, 0.1) is 18.6 Å². The summed E-state index contributed by atoms with van der Waals surface area (Å²) in [6.45, 7) is 2.92. The topological polar surface area (TPSA) is 102 Å². The number of halogens is 1. The molecule has 0 spiro atoms. The highest BCUT2D eigenvalue weighted by Crippen LogP contribution is 2.38. The summed E-state index contributed by atoms with van der Waals surface area (Å²) in [5, 5.41) is -0.474. The Hall–Kier alpha value is -2.53. The van der Waals surface area contributed by atoms with Crippen molar-refractivity contribution in [2.45, 2.75) is 32.6 Å². The lowest BCUT2D eigenvalue weighted by Crippen LogP contribution is -2.42. The van der Waals surface area contributed by atoms with Gasteiger partial charge in [-0.3, -0.25) is 19.3 Å². The van der Waals surface area contributed by atoms with Gasteiger partial charge in [0.15, 0.2) is 18.1 Å². The summed E-state index contributed by atoms with van der Waals surface area (Å²) in [5.41, 5.74) is 0.582. The quantitative estimate of drug-likeness (QED) is 0.352. The van der Waals surface area contributed by atoms with Crippen molar-refractivity contribution < 1.29 is 33.4 Å². The Bertz CT molecular complexity index is 990. The summed E-state index contributed by atoms with van der Waals surface area (Å²) < 4.78 is 16.3. The number of carbonyl (C=O) groups is 4. The van der Waals surface area contributed by atoms with Crippen molar-refractivity contribution in [1.82, 2.24) is 9.80 Å². The van der Waals surface area contributed by atoms with Gasteiger partial charge in [-0.05, 0) is 55.3 Å². The SMILES string of the molecule is CCOc1cc(C=C2SC(=O)N(CC(=O)N3CCCCCC3)C2=O)c(Br)cc1OCC(=O)OC. The molecule has 0 radical (unpaired) electrons. The number of likely N-dealkylation sites (tertiary alicyclic amines) is 1. The minimum atomic E-state index is -0.536. The van der Waals surface area contributed by atoms with Crippen LogP contribution in [0.25, 0.3) is 6.08 Å². The third-order valence-electron chi connectivity index (χ3n) is 5.35. The summed E-state index contributed by atoms with van der Waals surface area (Å²) in [4.78, 5) is 52.5. The Morgan fingerprint density at radius 2 is 1.76 bits per heavy atom. The number of ether oxygens (including phenoxy) is 3. The fourth-order valence-electron chi connectivity index (χ4n) is 3.57. The highest BCUT2D eigenvalue weighted by atomic mass is 79.9. The van der Waals surface area contributed by atoms with Gasteiger partial charge in [0.25, 0.3) is 11.1 Å². The molecule has 0 aromatic heterocycles. The molecule has 1 aromatic carbocycles. The van der Waals surface area contributed by atoms with Gasteiger partial charge < -0.3 is 19.1 Å². The molecule has 2 fully saturated rings. The van der Waals surface area contributed by atoms with Crippen LogP contribution in [0.3, 0.4) is 0 Å². The van der Waals surface area contributed by atoms with Crippen LogP contribution in [0.5, 0.6) is 11.5 Å². The van der Waals surface area contributed by atoms with Gasteiger partial charge in [-0.1, -0.05) is 28.8 Å². The Morgan fingerprint density at radius 1 is 1.09 bits per heavy atom. The standard InChI is InChI=1S/C23H27BrN2O7S/c1-3-32-17-10-15(16(24)12-18(17)33-14-21(28)31-2)11-19-22(29)26(23(30)34-19)13-20(27)25-8-6-4-5-7-9-25/h10-12H,3-9,13-14H2,1-2H3. The molecule has 0 saturated carbocycles. The van der Waals surface area contributed by atoms with Crippen molar-refractivity contribution in [2.75, 3.05) is 40.0 Å². The fourth-order valence-corrected chi connectivity index (χ4v) is 4.84. The highest BCUT2D eigenvalue weighted by molar-refractivity contribution is 9.10. The first kappa shape index (κ1) is 26.1. The molecule has 0 N–H and O–H groups in total. The smallest absolute Gasteiger partial charge is 0.343 e. The average molecular weight is 555 g/mol. The minimum Gasteiger partial charge on any atom is -0.490 e. The third-order valence-corrected chi connectivity index (χ3v) is 6.94. The van der Waals surface area contributed by atoms with Gasteiger partial charge in [0.2, 0.25) is 5.91 Å². The maximum atomic E-state index is 12.9. The third kappa shape index (κ3) is 6.53. The molecule has 3 rings (SSSR count). The molecule has 184 valence electrons. The summed E-state index contributed by atoms with van der Waals surface area (Å²) in [7, 11) is 1.27. The van der Waals surface area contributed by atoms with Crippen LogP contribution < -0.4 is 9.47 Å². The van der Waals surface area contributed by atoms with E-state index in [-0.39, 0.29) is 24.0 Å². The molecule has 9 nitrogen and oxygen atoms in total. The number of amides is 3. The maximum absolute atomic E-state index is 12.9. The molecule has 2 aliphatic rings. The lowest BCUT2D eigenvalue weighted by Gasteiger charge is -2.22. The van der Waals surface area contributed by atoms with Gasteiger partial charge in [-0.2, -0.15) is 0 Å². The van der Waals surface area contributed by atoms with E-state index in [1.54, 1.807) is 30.0 Å². The number of esters is 1. The molecule has 2 heterocycles. The number of methoxy groups -OCH3 is 1. The van der Waals surface area contributed by atoms with Crippen molar-refractivity contribution in [1.29, 1.82) is 0 Å². The fraction of sp³-hybridized carbons (Fsp3) is 0.478. The van der Waals surface area contributed by atoms with Gasteiger partial charge >= 0.3 is 5.97 Å². The number of hydrogen-bond donors (Lipinski definition) is 0. The van der Waals surface area contributed by atoms with Gasteiger partial charge in [-0.15, -0.1) is 0 Å². The van der Waals surface area contributed by atoms with E-state index in [0.717, 1.165) is 42.3 Å². The first-order valence-electron chi connectivity index (χ1n) is 11.0. The molecule has 2 aliphatic heterocycles. The summed E-state index contributed by atoms with van der Waals surface area (Å²) in [5.74, 6) is -0.554. The van der Waals surface area contributed by atoms with E-state index < -0.39 is 17.1 Å². The Kier molecular flexibility index (Phi) is 9.40. The number of nitrogens with zero attached hydrogens (tertiary/aromatic N) is 2. The predicted octanol–water partition coefficient (Wildman–Crippen LogP) is 3.84. The number of carbonyl (C=O) groups excluding carboxylic acids is 4. The van der Waals surface area contributed by atoms with Crippen LogP contribution >= 0.6 is 27.7 Å². The number of rotatable bonds is 8. The van der Waals surface area contributed by atoms with Crippen molar-refractivity contribution in [3.8, 4) is 11.5 Å². The maximum Gasteiger partial charge on any atom is 0.343 e. The van der Waals surface area contributed by atoms with E-state index in [4.69, 9.17) is 9.47 Å². The number of imide groups is 1. The van der Waals surface area contributed by atoms with Crippen molar-refractivity contribution in [2.24, 2.45) is 0 Å². The summed E-state index contributed by atoms with van der Waals surface area (Å²) >= 11 is 4.23. The van der Waals surface area contributed by atoms with E-state index in [1.807, 2.05) is 0 Å². The second-order valence-corrected chi connectivity index (χ2v) is 9.53. The number of thioether (sulfide) groups is 1. The van der Waals surface area contributed by atoms with Crippen LogP contribution in [0.2, 0.25) is 0 Å².